The number of anilines is 1. The maximum absolute atomic E-state index is 11.3. The van der Waals surface area contributed by atoms with E-state index in [9.17, 15) is 9.59 Å². The number of hydrogen-bond acceptors (Lipinski definition) is 3. The van der Waals surface area contributed by atoms with Gasteiger partial charge in [-0.25, -0.2) is 4.79 Å². The van der Waals surface area contributed by atoms with Gasteiger partial charge in [0.15, 0.2) is 0 Å². The number of benzene rings is 1. The van der Waals surface area contributed by atoms with Crippen molar-refractivity contribution in [1.29, 1.82) is 0 Å². The van der Waals surface area contributed by atoms with E-state index in [-0.39, 0.29) is 6.54 Å². The Labute approximate surface area is 108 Å². The lowest BCUT2D eigenvalue weighted by atomic mass is 10.3. The highest BCUT2D eigenvalue weighted by molar-refractivity contribution is 6.43. The summed E-state index contributed by atoms with van der Waals surface area (Å²) in [6.45, 7) is -0.0759. The predicted molar refractivity (Wildman–Crippen MR) is 67.6 cm³/mol. The highest BCUT2D eigenvalue weighted by Crippen LogP contribution is 2.29. The van der Waals surface area contributed by atoms with Crippen molar-refractivity contribution in [1.82, 2.24) is 10.6 Å². The summed E-state index contributed by atoms with van der Waals surface area (Å²) in [7, 11) is 1.42. The summed E-state index contributed by atoms with van der Waals surface area (Å²) in [4.78, 5) is 22.1. The van der Waals surface area contributed by atoms with E-state index in [1.54, 1.807) is 18.2 Å². The fourth-order valence-corrected chi connectivity index (χ4v) is 1.42. The molecule has 7 heteroatoms. The molecule has 0 saturated carbocycles. The summed E-state index contributed by atoms with van der Waals surface area (Å²) in [5.74, 6) is -0.472. The van der Waals surface area contributed by atoms with Crippen molar-refractivity contribution in [2.45, 2.75) is 0 Å². The van der Waals surface area contributed by atoms with Crippen molar-refractivity contribution in [2.75, 3.05) is 18.9 Å². The molecule has 0 spiro atoms. The molecule has 1 aromatic carbocycles. The van der Waals surface area contributed by atoms with E-state index in [1.165, 1.54) is 7.05 Å². The van der Waals surface area contributed by atoms with Crippen LogP contribution in [-0.2, 0) is 4.79 Å². The van der Waals surface area contributed by atoms with Crippen LogP contribution in [0.3, 0.4) is 0 Å². The number of imide groups is 1. The van der Waals surface area contributed by atoms with Crippen LogP contribution in [0.25, 0.3) is 0 Å². The Balaban J connectivity index is 2.53. The number of halogens is 2. The molecule has 92 valence electrons. The smallest absolute Gasteiger partial charge is 0.321 e. The Morgan fingerprint density at radius 3 is 2.65 bits per heavy atom. The lowest BCUT2D eigenvalue weighted by Crippen LogP contribution is -2.40. The molecule has 3 amide bonds. The van der Waals surface area contributed by atoms with E-state index in [4.69, 9.17) is 23.2 Å². The lowest BCUT2D eigenvalue weighted by Gasteiger charge is -2.08. The first-order valence-corrected chi connectivity index (χ1v) is 5.49. The van der Waals surface area contributed by atoms with Crippen LogP contribution in [-0.4, -0.2) is 25.5 Å². The van der Waals surface area contributed by atoms with Gasteiger partial charge in [-0.15, -0.1) is 0 Å². The normalized spacial score (nSPS) is 9.59. The first kappa shape index (κ1) is 13.6. The molecule has 5 nitrogen and oxygen atoms in total. The molecule has 1 rings (SSSR count). The van der Waals surface area contributed by atoms with Gasteiger partial charge in [-0.2, -0.15) is 0 Å². The number of nitrogens with one attached hydrogen (secondary N) is 3. The van der Waals surface area contributed by atoms with Gasteiger partial charge in [0.1, 0.15) is 0 Å². The number of carbonyl (C=O) groups excluding carboxylic acids is 2. The average Bonchev–Trinajstić information content (AvgIpc) is 2.31. The van der Waals surface area contributed by atoms with Crippen molar-refractivity contribution >= 4 is 40.8 Å². The number of carbonyl (C=O) groups is 2. The van der Waals surface area contributed by atoms with Crippen LogP contribution in [0.2, 0.25) is 10.0 Å². The molecule has 17 heavy (non-hydrogen) atoms. The molecule has 0 radical (unpaired) electrons. The Bertz CT molecular complexity index is 438. The molecule has 0 aliphatic heterocycles. The molecule has 0 aliphatic rings. The van der Waals surface area contributed by atoms with Crippen molar-refractivity contribution < 1.29 is 9.59 Å². The minimum absolute atomic E-state index is 0.0759. The molecule has 0 aromatic heterocycles. The monoisotopic (exact) mass is 275 g/mol. The average molecular weight is 276 g/mol. The van der Waals surface area contributed by atoms with Crippen LogP contribution in [0.4, 0.5) is 10.5 Å². The zero-order chi connectivity index (χ0) is 12.8. The topological polar surface area (TPSA) is 70.2 Å². The minimum atomic E-state index is -0.561. The second-order valence-electron chi connectivity index (χ2n) is 3.08. The molecule has 0 heterocycles. The van der Waals surface area contributed by atoms with Gasteiger partial charge in [-0.05, 0) is 12.1 Å². The van der Waals surface area contributed by atoms with E-state index in [0.29, 0.717) is 15.7 Å². The van der Waals surface area contributed by atoms with Crippen molar-refractivity contribution in [2.24, 2.45) is 0 Å². The largest absolute Gasteiger partial charge is 0.375 e. The van der Waals surface area contributed by atoms with Gasteiger partial charge < -0.3 is 10.6 Å². The fraction of sp³-hybridized carbons (Fsp3) is 0.200. The zero-order valence-electron chi connectivity index (χ0n) is 9.01. The molecular formula is C10H11Cl2N3O2. The highest BCUT2D eigenvalue weighted by Gasteiger charge is 2.08. The zero-order valence-corrected chi connectivity index (χ0v) is 10.5. The Morgan fingerprint density at radius 1 is 1.29 bits per heavy atom. The van der Waals surface area contributed by atoms with Crippen molar-refractivity contribution in [3.05, 3.63) is 28.2 Å². The third-order valence-electron chi connectivity index (χ3n) is 1.87. The van der Waals surface area contributed by atoms with E-state index < -0.39 is 11.9 Å². The van der Waals surface area contributed by atoms with Crippen LogP contribution >= 0.6 is 23.2 Å². The van der Waals surface area contributed by atoms with Crippen LogP contribution in [0.5, 0.6) is 0 Å². The summed E-state index contributed by atoms with van der Waals surface area (Å²) in [5, 5.41) is 7.88. The quantitative estimate of drug-likeness (QED) is 0.789. The molecule has 0 bridgehead atoms. The number of hydrogen-bond donors (Lipinski definition) is 3. The first-order chi connectivity index (χ1) is 8.04. The van der Waals surface area contributed by atoms with Gasteiger partial charge in [0, 0.05) is 7.05 Å². The molecular weight excluding hydrogens is 265 g/mol. The molecule has 0 fully saturated rings. The maximum Gasteiger partial charge on any atom is 0.321 e. The second-order valence-corrected chi connectivity index (χ2v) is 3.87. The minimum Gasteiger partial charge on any atom is -0.375 e. The molecule has 1 aromatic rings. The predicted octanol–water partition coefficient (Wildman–Crippen LogP) is 1.86. The third kappa shape index (κ3) is 4.13. The SMILES string of the molecule is CNC(=O)NC(=O)CNc1cccc(Cl)c1Cl. The molecule has 3 N–H and O–H groups in total. The van der Waals surface area contributed by atoms with E-state index in [0.717, 1.165) is 0 Å². The van der Waals surface area contributed by atoms with Gasteiger partial charge in [-0.3, -0.25) is 10.1 Å². The first-order valence-electron chi connectivity index (χ1n) is 4.74. The van der Waals surface area contributed by atoms with Gasteiger partial charge >= 0.3 is 6.03 Å². The Hall–Kier alpha value is -1.46. The highest BCUT2D eigenvalue weighted by atomic mass is 35.5. The second kappa shape index (κ2) is 6.32. The van der Waals surface area contributed by atoms with E-state index >= 15 is 0 Å². The Kier molecular flexibility index (Phi) is 5.06. The van der Waals surface area contributed by atoms with E-state index in [2.05, 4.69) is 16.0 Å². The summed E-state index contributed by atoms with van der Waals surface area (Å²) in [6, 6.07) is 4.46. The number of rotatable bonds is 3. The maximum atomic E-state index is 11.3. The lowest BCUT2D eigenvalue weighted by molar-refractivity contribution is -0.118. The summed E-state index contributed by atoms with van der Waals surface area (Å²) < 4.78 is 0. The summed E-state index contributed by atoms with van der Waals surface area (Å²) in [5.41, 5.74) is 0.534. The van der Waals surface area contributed by atoms with Crippen molar-refractivity contribution in [3.63, 3.8) is 0 Å². The van der Waals surface area contributed by atoms with Gasteiger partial charge in [0.2, 0.25) is 5.91 Å². The van der Waals surface area contributed by atoms with Gasteiger partial charge in [-0.1, -0.05) is 29.3 Å². The van der Waals surface area contributed by atoms with Gasteiger partial charge in [0.05, 0.1) is 22.3 Å². The van der Waals surface area contributed by atoms with Crippen LogP contribution in [0.15, 0.2) is 18.2 Å². The van der Waals surface area contributed by atoms with Gasteiger partial charge in [0.25, 0.3) is 0 Å². The fourth-order valence-electron chi connectivity index (χ4n) is 1.05. The molecule has 0 unspecified atom stereocenters. The third-order valence-corrected chi connectivity index (χ3v) is 2.69. The molecule has 0 saturated heterocycles. The van der Waals surface area contributed by atoms with Crippen LogP contribution < -0.4 is 16.0 Å². The molecule has 0 atom stereocenters. The number of amides is 3. The van der Waals surface area contributed by atoms with Crippen LogP contribution in [0, 0.1) is 0 Å². The standard InChI is InChI=1S/C10H11Cl2N3O2/c1-13-10(17)15-8(16)5-14-7-4-2-3-6(11)9(7)12/h2-4,14H,5H2,1H3,(H2,13,15,16,17). The Morgan fingerprint density at radius 2 is 2.00 bits per heavy atom. The summed E-state index contributed by atoms with van der Waals surface area (Å²) >= 11 is 11.7. The van der Waals surface area contributed by atoms with Crippen molar-refractivity contribution in [3.8, 4) is 0 Å². The van der Waals surface area contributed by atoms with E-state index in [1.807, 2.05) is 0 Å². The summed E-state index contributed by atoms with van der Waals surface area (Å²) in [6.07, 6.45) is 0. The molecule has 0 aliphatic carbocycles. The number of urea groups is 1. The van der Waals surface area contributed by atoms with Crippen LogP contribution in [0.1, 0.15) is 0 Å².